The van der Waals surface area contributed by atoms with Crippen LogP contribution in [0.25, 0.3) is 0 Å². The van der Waals surface area contributed by atoms with Crippen LogP contribution >= 0.6 is 0 Å². The van der Waals surface area contributed by atoms with Crippen molar-refractivity contribution >= 4 is 5.91 Å². The summed E-state index contributed by atoms with van der Waals surface area (Å²) < 4.78 is 5.50. The molecule has 1 heterocycles. The average molecular weight is 226 g/mol. The molecule has 1 aliphatic carbocycles. The monoisotopic (exact) mass is 226 g/mol. The van der Waals surface area contributed by atoms with Crippen molar-refractivity contribution in [2.75, 3.05) is 19.7 Å². The molecule has 0 bridgehead atoms. The van der Waals surface area contributed by atoms with Crippen molar-refractivity contribution in [3.8, 4) is 0 Å². The van der Waals surface area contributed by atoms with Gasteiger partial charge in [0.1, 0.15) is 0 Å². The maximum Gasteiger partial charge on any atom is 0.222 e. The number of hydrogen-bond donors (Lipinski definition) is 2. The SMILES string of the molecule is CC(CC1CC1)NC(=O)CC1CNCCO1. The molecule has 1 saturated heterocycles. The Balaban J connectivity index is 1.62. The van der Waals surface area contributed by atoms with Crippen LogP contribution in [0.3, 0.4) is 0 Å². The average Bonchev–Trinajstić information content (AvgIpc) is 3.02. The summed E-state index contributed by atoms with van der Waals surface area (Å²) >= 11 is 0. The summed E-state index contributed by atoms with van der Waals surface area (Å²) in [7, 11) is 0. The predicted octanol–water partition coefficient (Wildman–Crippen LogP) is 0.670. The summed E-state index contributed by atoms with van der Waals surface area (Å²) in [4.78, 5) is 11.7. The van der Waals surface area contributed by atoms with Crippen molar-refractivity contribution in [1.82, 2.24) is 10.6 Å². The third kappa shape index (κ3) is 4.10. The number of carbonyl (C=O) groups is 1. The maximum atomic E-state index is 11.7. The maximum absolute atomic E-state index is 11.7. The van der Waals surface area contributed by atoms with Gasteiger partial charge in [0.2, 0.25) is 5.91 Å². The van der Waals surface area contributed by atoms with Crippen LogP contribution in [0.4, 0.5) is 0 Å². The molecule has 2 fully saturated rings. The molecule has 0 aromatic rings. The van der Waals surface area contributed by atoms with Gasteiger partial charge >= 0.3 is 0 Å². The van der Waals surface area contributed by atoms with Crippen LogP contribution in [-0.4, -0.2) is 37.7 Å². The van der Waals surface area contributed by atoms with E-state index in [1.807, 2.05) is 0 Å². The van der Waals surface area contributed by atoms with Crippen molar-refractivity contribution in [2.45, 2.75) is 44.8 Å². The van der Waals surface area contributed by atoms with E-state index in [4.69, 9.17) is 4.74 Å². The number of nitrogens with one attached hydrogen (secondary N) is 2. The molecule has 1 amide bonds. The first-order chi connectivity index (χ1) is 7.74. The predicted molar refractivity (Wildman–Crippen MR) is 62.2 cm³/mol. The lowest BCUT2D eigenvalue weighted by Crippen LogP contribution is -2.42. The molecule has 2 unspecified atom stereocenters. The lowest BCUT2D eigenvalue weighted by atomic mass is 10.1. The second-order valence-corrected chi connectivity index (χ2v) is 5.05. The zero-order valence-electron chi connectivity index (χ0n) is 10.00. The molecular weight excluding hydrogens is 204 g/mol. The van der Waals surface area contributed by atoms with Crippen LogP contribution in [-0.2, 0) is 9.53 Å². The van der Waals surface area contributed by atoms with E-state index in [9.17, 15) is 4.79 Å². The zero-order chi connectivity index (χ0) is 11.4. The highest BCUT2D eigenvalue weighted by atomic mass is 16.5. The van der Waals surface area contributed by atoms with Crippen LogP contribution in [0.5, 0.6) is 0 Å². The topological polar surface area (TPSA) is 50.4 Å². The van der Waals surface area contributed by atoms with Crippen LogP contribution in [0.1, 0.15) is 32.6 Å². The molecule has 0 aromatic carbocycles. The second kappa shape index (κ2) is 5.64. The Morgan fingerprint density at radius 3 is 3.00 bits per heavy atom. The highest BCUT2D eigenvalue weighted by molar-refractivity contribution is 5.76. The van der Waals surface area contributed by atoms with Crippen molar-refractivity contribution in [1.29, 1.82) is 0 Å². The summed E-state index contributed by atoms with van der Waals surface area (Å²) in [6, 6.07) is 0.316. The third-order valence-corrected chi connectivity index (χ3v) is 3.21. The first kappa shape index (κ1) is 11.9. The lowest BCUT2D eigenvalue weighted by Gasteiger charge is -2.23. The molecule has 4 nitrogen and oxygen atoms in total. The number of ether oxygens (including phenoxy) is 1. The van der Waals surface area contributed by atoms with E-state index in [1.165, 1.54) is 12.8 Å². The van der Waals surface area contributed by atoms with Crippen molar-refractivity contribution in [3.05, 3.63) is 0 Å². The smallest absolute Gasteiger partial charge is 0.222 e. The minimum absolute atomic E-state index is 0.0573. The van der Waals surface area contributed by atoms with Gasteiger partial charge in [-0.25, -0.2) is 0 Å². The largest absolute Gasteiger partial charge is 0.375 e. The fourth-order valence-electron chi connectivity index (χ4n) is 2.20. The van der Waals surface area contributed by atoms with Gasteiger partial charge in [0.15, 0.2) is 0 Å². The molecule has 1 saturated carbocycles. The van der Waals surface area contributed by atoms with E-state index >= 15 is 0 Å². The summed E-state index contributed by atoms with van der Waals surface area (Å²) in [6.45, 7) is 4.51. The molecule has 2 aliphatic rings. The van der Waals surface area contributed by atoms with Gasteiger partial charge in [-0.1, -0.05) is 12.8 Å². The van der Waals surface area contributed by atoms with E-state index in [-0.39, 0.29) is 12.0 Å². The molecule has 0 aromatic heterocycles. The van der Waals surface area contributed by atoms with Gasteiger partial charge in [0, 0.05) is 19.1 Å². The number of carbonyl (C=O) groups excluding carboxylic acids is 1. The third-order valence-electron chi connectivity index (χ3n) is 3.21. The van der Waals surface area contributed by atoms with E-state index in [0.717, 1.165) is 32.0 Å². The number of rotatable bonds is 5. The molecule has 2 rings (SSSR count). The second-order valence-electron chi connectivity index (χ2n) is 5.05. The molecule has 92 valence electrons. The highest BCUT2D eigenvalue weighted by Gasteiger charge is 2.25. The normalized spacial score (nSPS) is 27.4. The van der Waals surface area contributed by atoms with Gasteiger partial charge in [-0.3, -0.25) is 4.79 Å². The molecule has 4 heteroatoms. The van der Waals surface area contributed by atoms with E-state index in [2.05, 4.69) is 17.6 Å². The molecule has 0 spiro atoms. The van der Waals surface area contributed by atoms with Crippen LogP contribution in [0.15, 0.2) is 0 Å². The van der Waals surface area contributed by atoms with Crippen LogP contribution in [0.2, 0.25) is 0 Å². The summed E-state index contributed by atoms with van der Waals surface area (Å²) in [6.07, 6.45) is 4.37. The molecule has 2 N–H and O–H groups in total. The first-order valence-electron chi connectivity index (χ1n) is 6.35. The Labute approximate surface area is 97.1 Å². The Morgan fingerprint density at radius 2 is 2.38 bits per heavy atom. The van der Waals surface area contributed by atoms with E-state index in [1.54, 1.807) is 0 Å². The minimum atomic E-state index is 0.0573. The number of amides is 1. The summed E-state index contributed by atoms with van der Waals surface area (Å²) in [5.41, 5.74) is 0. The van der Waals surface area contributed by atoms with Crippen molar-refractivity contribution in [3.63, 3.8) is 0 Å². The van der Waals surface area contributed by atoms with E-state index < -0.39 is 0 Å². The van der Waals surface area contributed by atoms with Gasteiger partial charge in [0.05, 0.1) is 19.1 Å². The Bertz CT molecular complexity index is 235. The molecular formula is C12H22N2O2. The Morgan fingerprint density at radius 1 is 1.56 bits per heavy atom. The number of morpholine rings is 1. The lowest BCUT2D eigenvalue weighted by molar-refractivity contribution is -0.125. The quantitative estimate of drug-likeness (QED) is 0.724. The van der Waals surface area contributed by atoms with Gasteiger partial charge in [-0.2, -0.15) is 0 Å². The molecule has 16 heavy (non-hydrogen) atoms. The van der Waals surface area contributed by atoms with E-state index in [0.29, 0.717) is 12.5 Å². The zero-order valence-corrected chi connectivity index (χ0v) is 10.00. The summed E-state index contributed by atoms with van der Waals surface area (Å²) in [5, 5.41) is 6.28. The minimum Gasteiger partial charge on any atom is -0.375 e. The Hall–Kier alpha value is -0.610. The number of hydrogen-bond acceptors (Lipinski definition) is 3. The molecule has 0 radical (unpaired) electrons. The van der Waals surface area contributed by atoms with Crippen molar-refractivity contribution in [2.24, 2.45) is 5.92 Å². The first-order valence-corrected chi connectivity index (χ1v) is 6.35. The Kier molecular flexibility index (Phi) is 4.18. The van der Waals surface area contributed by atoms with Gasteiger partial charge in [0.25, 0.3) is 0 Å². The highest BCUT2D eigenvalue weighted by Crippen LogP contribution is 2.33. The van der Waals surface area contributed by atoms with Crippen molar-refractivity contribution < 1.29 is 9.53 Å². The molecule has 2 atom stereocenters. The fourth-order valence-corrected chi connectivity index (χ4v) is 2.20. The van der Waals surface area contributed by atoms with Crippen LogP contribution < -0.4 is 10.6 Å². The standard InChI is InChI=1S/C12H22N2O2/c1-9(6-10-2-3-10)14-12(15)7-11-8-13-4-5-16-11/h9-11,13H,2-8H2,1H3,(H,14,15). The van der Waals surface area contributed by atoms with Gasteiger partial charge in [-0.05, 0) is 19.3 Å². The fraction of sp³-hybridized carbons (Fsp3) is 0.917. The summed E-state index contributed by atoms with van der Waals surface area (Å²) in [5.74, 6) is 0.991. The molecule has 1 aliphatic heterocycles. The van der Waals surface area contributed by atoms with Crippen LogP contribution in [0, 0.1) is 5.92 Å². The van der Waals surface area contributed by atoms with Gasteiger partial charge in [-0.15, -0.1) is 0 Å². The van der Waals surface area contributed by atoms with Gasteiger partial charge < -0.3 is 15.4 Å².